The van der Waals surface area contributed by atoms with E-state index in [9.17, 15) is 4.79 Å². The Morgan fingerprint density at radius 3 is 3.00 bits per heavy atom. The molecule has 1 atom stereocenters. The predicted molar refractivity (Wildman–Crippen MR) is 83.4 cm³/mol. The van der Waals surface area contributed by atoms with Crippen LogP contribution in [-0.4, -0.2) is 10.8 Å². The van der Waals surface area contributed by atoms with Crippen molar-refractivity contribution in [2.24, 2.45) is 0 Å². The van der Waals surface area contributed by atoms with Crippen LogP contribution in [0.3, 0.4) is 0 Å². The first kappa shape index (κ1) is 13.8. The average Bonchev–Trinajstić information content (AvgIpc) is 2.49. The summed E-state index contributed by atoms with van der Waals surface area (Å²) in [6, 6.07) is 9.36. The van der Waals surface area contributed by atoms with Gasteiger partial charge in [0.1, 0.15) is 0 Å². The molecule has 1 aromatic carbocycles. The lowest BCUT2D eigenvalue weighted by Crippen LogP contribution is -2.20. The molecule has 0 amide bonds. The van der Waals surface area contributed by atoms with Crippen LogP contribution in [0.5, 0.6) is 0 Å². The van der Waals surface area contributed by atoms with Crippen LogP contribution >= 0.6 is 27.5 Å². The monoisotopic (exact) mass is 349 g/mol. The van der Waals surface area contributed by atoms with E-state index in [1.807, 2.05) is 18.2 Å². The number of aryl methyl sites for hydroxylation is 1. The minimum atomic E-state index is -0.141. The molecule has 0 aliphatic heterocycles. The molecule has 0 bridgehead atoms. The van der Waals surface area contributed by atoms with E-state index in [2.05, 4.69) is 27.0 Å². The third-order valence-corrected chi connectivity index (χ3v) is 4.95. The van der Waals surface area contributed by atoms with Crippen molar-refractivity contribution in [1.82, 2.24) is 4.98 Å². The highest BCUT2D eigenvalue weighted by Crippen LogP contribution is 2.33. The number of rotatable bonds is 2. The number of hydrogen-bond acceptors (Lipinski definition) is 2. The van der Waals surface area contributed by atoms with Crippen LogP contribution in [0.2, 0.25) is 5.02 Å². The minimum Gasteiger partial charge on any atom is -0.293 e. The number of benzene rings is 1. The summed E-state index contributed by atoms with van der Waals surface area (Å²) in [6.45, 7) is 0. The molecule has 4 heteroatoms. The molecule has 0 saturated carbocycles. The predicted octanol–water partition coefficient (Wildman–Crippen LogP) is 4.80. The maximum absolute atomic E-state index is 12.7. The molecular weight excluding hydrogens is 338 g/mol. The van der Waals surface area contributed by atoms with E-state index in [4.69, 9.17) is 11.6 Å². The zero-order valence-electron chi connectivity index (χ0n) is 10.8. The van der Waals surface area contributed by atoms with Crippen molar-refractivity contribution in [3.8, 4) is 0 Å². The lowest BCUT2D eigenvalue weighted by Gasteiger charge is -2.23. The first-order chi connectivity index (χ1) is 9.66. The first-order valence-electron chi connectivity index (χ1n) is 6.60. The van der Waals surface area contributed by atoms with Crippen LogP contribution in [0.1, 0.15) is 40.4 Å². The Hall–Kier alpha value is -1.19. The number of halogens is 2. The van der Waals surface area contributed by atoms with Crippen molar-refractivity contribution in [3.05, 3.63) is 62.8 Å². The van der Waals surface area contributed by atoms with Gasteiger partial charge in [0.15, 0.2) is 5.78 Å². The van der Waals surface area contributed by atoms with Gasteiger partial charge in [0.05, 0.1) is 16.6 Å². The van der Waals surface area contributed by atoms with Gasteiger partial charge in [-0.25, -0.2) is 0 Å². The fraction of sp³-hybridized carbons (Fsp3) is 0.250. The highest BCUT2D eigenvalue weighted by Gasteiger charge is 2.28. The van der Waals surface area contributed by atoms with Crippen molar-refractivity contribution in [1.29, 1.82) is 0 Å². The normalized spacial score (nSPS) is 17.6. The second kappa shape index (κ2) is 5.66. The van der Waals surface area contributed by atoms with Crippen LogP contribution in [-0.2, 0) is 6.42 Å². The van der Waals surface area contributed by atoms with Gasteiger partial charge in [-0.15, -0.1) is 0 Å². The molecule has 20 heavy (non-hydrogen) atoms. The molecule has 1 heterocycles. The molecular formula is C16H13BrClNO. The molecule has 1 aliphatic carbocycles. The fourth-order valence-electron chi connectivity index (χ4n) is 2.72. The Morgan fingerprint density at radius 1 is 1.35 bits per heavy atom. The molecule has 1 aliphatic rings. The van der Waals surface area contributed by atoms with Gasteiger partial charge in [-0.3, -0.25) is 9.78 Å². The summed E-state index contributed by atoms with van der Waals surface area (Å²) in [4.78, 5) is 17.1. The number of ketones is 1. The number of pyridine rings is 1. The molecule has 2 aromatic rings. The second-order valence-corrected chi connectivity index (χ2v) is 6.25. The third kappa shape index (κ3) is 2.52. The number of aromatic nitrogens is 1. The maximum Gasteiger partial charge on any atom is 0.171 e. The van der Waals surface area contributed by atoms with Gasteiger partial charge in [0, 0.05) is 16.2 Å². The Labute approximate surface area is 131 Å². The number of fused-ring (bicyclic) bond motifs is 1. The van der Waals surface area contributed by atoms with Gasteiger partial charge in [0.25, 0.3) is 0 Å². The van der Waals surface area contributed by atoms with E-state index < -0.39 is 0 Å². The minimum absolute atomic E-state index is 0.110. The SMILES string of the molecule is O=C(c1ccc(Br)c(Cl)c1)C1CCCc2cccnc21. The quantitative estimate of drug-likeness (QED) is 0.728. The number of hydrogen-bond donors (Lipinski definition) is 0. The van der Waals surface area contributed by atoms with Gasteiger partial charge >= 0.3 is 0 Å². The van der Waals surface area contributed by atoms with Crippen LogP contribution in [0.25, 0.3) is 0 Å². The highest BCUT2D eigenvalue weighted by atomic mass is 79.9. The zero-order chi connectivity index (χ0) is 14.1. The van der Waals surface area contributed by atoms with E-state index in [0.29, 0.717) is 10.6 Å². The summed E-state index contributed by atoms with van der Waals surface area (Å²) in [6.07, 6.45) is 4.66. The van der Waals surface area contributed by atoms with Gasteiger partial charge in [-0.1, -0.05) is 23.7 Å². The Morgan fingerprint density at radius 2 is 2.20 bits per heavy atom. The van der Waals surface area contributed by atoms with Crippen LogP contribution in [0.4, 0.5) is 0 Å². The molecule has 1 aromatic heterocycles. The molecule has 2 nitrogen and oxygen atoms in total. The fourth-order valence-corrected chi connectivity index (χ4v) is 3.14. The molecule has 0 radical (unpaired) electrons. The van der Waals surface area contributed by atoms with Crippen molar-refractivity contribution in [2.45, 2.75) is 25.2 Å². The van der Waals surface area contributed by atoms with E-state index in [0.717, 1.165) is 29.4 Å². The van der Waals surface area contributed by atoms with Gasteiger partial charge < -0.3 is 0 Å². The first-order valence-corrected chi connectivity index (χ1v) is 7.77. The summed E-state index contributed by atoms with van der Waals surface area (Å²) >= 11 is 9.43. The molecule has 102 valence electrons. The Bertz CT molecular complexity index is 671. The van der Waals surface area contributed by atoms with Gasteiger partial charge in [-0.2, -0.15) is 0 Å². The van der Waals surface area contributed by atoms with Crippen molar-refractivity contribution >= 4 is 33.3 Å². The molecule has 3 rings (SSSR count). The van der Waals surface area contributed by atoms with Crippen molar-refractivity contribution in [2.75, 3.05) is 0 Å². The molecule has 0 saturated heterocycles. The standard InChI is InChI=1S/C16H13BrClNO/c17-13-7-6-11(9-14(13)18)16(20)12-5-1-3-10-4-2-8-19-15(10)12/h2,4,6-9,12H,1,3,5H2. The van der Waals surface area contributed by atoms with Gasteiger partial charge in [-0.05, 0) is 59.0 Å². The van der Waals surface area contributed by atoms with Crippen LogP contribution in [0, 0.1) is 0 Å². The topological polar surface area (TPSA) is 30.0 Å². The van der Waals surface area contributed by atoms with Crippen LogP contribution in [0.15, 0.2) is 41.0 Å². The average molecular weight is 351 g/mol. The molecule has 0 spiro atoms. The number of carbonyl (C=O) groups excluding carboxylic acids is 1. The molecule has 0 fully saturated rings. The number of carbonyl (C=O) groups is 1. The van der Waals surface area contributed by atoms with E-state index in [1.165, 1.54) is 5.56 Å². The summed E-state index contributed by atoms with van der Waals surface area (Å²) in [5.74, 6) is -0.0313. The van der Waals surface area contributed by atoms with Crippen molar-refractivity contribution < 1.29 is 4.79 Å². The van der Waals surface area contributed by atoms with E-state index in [1.54, 1.807) is 12.3 Å². The van der Waals surface area contributed by atoms with Crippen molar-refractivity contribution in [3.63, 3.8) is 0 Å². The molecule has 0 N–H and O–H groups in total. The summed E-state index contributed by atoms with van der Waals surface area (Å²) < 4.78 is 0.804. The number of Topliss-reactive ketones (excluding diaryl/α,β-unsaturated/α-hetero) is 1. The Balaban J connectivity index is 1.97. The maximum atomic E-state index is 12.7. The van der Waals surface area contributed by atoms with E-state index >= 15 is 0 Å². The second-order valence-electron chi connectivity index (χ2n) is 4.99. The summed E-state index contributed by atoms with van der Waals surface area (Å²) in [5, 5.41) is 0.563. The lowest BCUT2D eigenvalue weighted by molar-refractivity contribution is 0.0949. The lowest BCUT2D eigenvalue weighted by atomic mass is 9.82. The largest absolute Gasteiger partial charge is 0.293 e. The molecule has 1 unspecified atom stereocenters. The number of nitrogens with zero attached hydrogens (tertiary/aromatic N) is 1. The smallest absolute Gasteiger partial charge is 0.171 e. The third-order valence-electron chi connectivity index (χ3n) is 3.72. The van der Waals surface area contributed by atoms with E-state index in [-0.39, 0.29) is 11.7 Å². The highest BCUT2D eigenvalue weighted by molar-refractivity contribution is 9.10. The summed E-state index contributed by atoms with van der Waals surface area (Å²) in [7, 11) is 0. The zero-order valence-corrected chi connectivity index (χ0v) is 13.1. The Kier molecular flexibility index (Phi) is 3.90. The van der Waals surface area contributed by atoms with Gasteiger partial charge in [0.2, 0.25) is 0 Å². The van der Waals surface area contributed by atoms with Crippen LogP contribution < -0.4 is 0 Å². The summed E-state index contributed by atoms with van der Waals surface area (Å²) in [5.41, 5.74) is 2.78.